The second-order valence-electron chi connectivity index (χ2n) is 5.38. The molecule has 1 aliphatic heterocycles. The number of carbonyl (C=O) groups is 1. The van der Waals surface area contributed by atoms with E-state index in [1.807, 2.05) is 11.6 Å². The molecule has 2 heterocycles. The van der Waals surface area contributed by atoms with Crippen molar-refractivity contribution in [2.75, 3.05) is 6.54 Å². The van der Waals surface area contributed by atoms with Crippen LogP contribution in [0.5, 0.6) is 0 Å². The Morgan fingerprint density at radius 2 is 2.19 bits per heavy atom. The zero-order chi connectivity index (χ0) is 15.6. The van der Waals surface area contributed by atoms with Crippen molar-refractivity contribution >= 4 is 5.91 Å². The number of alkyl halides is 3. The molecule has 2 rings (SSSR count). The summed E-state index contributed by atoms with van der Waals surface area (Å²) in [6.07, 6.45) is -0.660. The standard InChI is InChI=1S/C13H19F3N4O/c1-9(21)20-7-10(3-4-12(20)13(14,15)16)18-6-11-5-17-8-19(11)2/h5,8,10,12,18H,3-4,6-7H2,1-2H3. The molecule has 5 nitrogen and oxygen atoms in total. The van der Waals surface area contributed by atoms with Crippen molar-refractivity contribution < 1.29 is 18.0 Å². The summed E-state index contributed by atoms with van der Waals surface area (Å²) < 4.78 is 40.6. The largest absolute Gasteiger partial charge is 0.408 e. The molecule has 0 spiro atoms. The monoisotopic (exact) mass is 304 g/mol. The van der Waals surface area contributed by atoms with Gasteiger partial charge in [-0.1, -0.05) is 0 Å². The number of likely N-dealkylation sites (tertiary alicyclic amines) is 1. The molecular weight excluding hydrogens is 285 g/mol. The summed E-state index contributed by atoms with van der Waals surface area (Å²) in [5, 5.41) is 3.20. The third-order valence-corrected chi connectivity index (χ3v) is 3.85. The molecule has 118 valence electrons. The van der Waals surface area contributed by atoms with Gasteiger partial charge in [0.05, 0.1) is 12.0 Å². The van der Waals surface area contributed by atoms with Crippen LogP contribution in [0.3, 0.4) is 0 Å². The predicted octanol–water partition coefficient (Wildman–Crippen LogP) is 1.45. The molecule has 1 N–H and O–H groups in total. The molecule has 0 radical (unpaired) electrons. The number of amides is 1. The molecule has 2 unspecified atom stereocenters. The molecule has 1 aromatic rings. The SMILES string of the molecule is CC(=O)N1CC(NCc2cncn2C)CCC1C(F)(F)F. The fraction of sp³-hybridized carbons (Fsp3) is 0.692. The van der Waals surface area contributed by atoms with Gasteiger partial charge < -0.3 is 14.8 Å². The zero-order valence-electron chi connectivity index (χ0n) is 12.0. The van der Waals surface area contributed by atoms with Crippen LogP contribution < -0.4 is 5.32 Å². The summed E-state index contributed by atoms with van der Waals surface area (Å²) in [5.74, 6) is -0.538. The lowest BCUT2D eigenvalue weighted by Crippen LogP contribution is -2.57. The van der Waals surface area contributed by atoms with Gasteiger partial charge in [-0.15, -0.1) is 0 Å². The number of carbonyl (C=O) groups excluding carboxylic acids is 1. The van der Waals surface area contributed by atoms with Crippen LogP contribution in [0.25, 0.3) is 0 Å². The minimum atomic E-state index is -4.36. The van der Waals surface area contributed by atoms with Crippen molar-refractivity contribution in [3.8, 4) is 0 Å². The van der Waals surface area contributed by atoms with Crippen LogP contribution in [0, 0.1) is 0 Å². The molecular formula is C13H19F3N4O. The van der Waals surface area contributed by atoms with Crippen LogP contribution in [0.15, 0.2) is 12.5 Å². The maximum Gasteiger partial charge on any atom is 0.408 e. The van der Waals surface area contributed by atoms with E-state index in [1.54, 1.807) is 12.5 Å². The van der Waals surface area contributed by atoms with Gasteiger partial charge in [0.25, 0.3) is 0 Å². The Balaban J connectivity index is 1.96. The van der Waals surface area contributed by atoms with Crippen LogP contribution >= 0.6 is 0 Å². The third-order valence-electron chi connectivity index (χ3n) is 3.85. The second-order valence-corrected chi connectivity index (χ2v) is 5.38. The van der Waals surface area contributed by atoms with E-state index in [9.17, 15) is 18.0 Å². The van der Waals surface area contributed by atoms with Crippen molar-refractivity contribution in [1.29, 1.82) is 0 Å². The van der Waals surface area contributed by atoms with Gasteiger partial charge in [0.15, 0.2) is 0 Å². The zero-order valence-corrected chi connectivity index (χ0v) is 12.0. The summed E-state index contributed by atoms with van der Waals surface area (Å²) in [6, 6.07) is -1.80. The van der Waals surface area contributed by atoms with Gasteiger partial charge in [0.1, 0.15) is 6.04 Å². The van der Waals surface area contributed by atoms with Gasteiger partial charge in [-0.2, -0.15) is 13.2 Å². The molecule has 1 aromatic heterocycles. The number of imidazole rings is 1. The number of piperidine rings is 1. The minimum absolute atomic E-state index is 0.0634. The number of nitrogens with zero attached hydrogens (tertiary/aromatic N) is 3. The Kier molecular flexibility index (Phi) is 4.55. The Labute approximate surface area is 121 Å². The van der Waals surface area contributed by atoms with E-state index in [0.29, 0.717) is 13.0 Å². The Morgan fingerprint density at radius 1 is 1.48 bits per heavy atom. The quantitative estimate of drug-likeness (QED) is 0.919. The van der Waals surface area contributed by atoms with E-state index in [0.717, 1.165) is 10.6 Å². The molecule has 0 saturated carbocycles. The number of hydrogen-bond donors (Lipinski definition) is 1. The highest BCUT2D eigenvalue weighted by atomic mass is 19.4. The van der Waals surface area contributed by atoms with Gasteiger partial charge >= 0.3 is 6.18 Å². The first kappa shape index (κ1) is 15.8. The molecule has 1 amide bonds. The third kappa shape index (κ3) is 3.75. The van der Waals surface area contributed by atoms with E-state index in [1.165, 1.54) is 6.92 Å². The predicted molar refractivity (Wildman–Crippen MR) is 70.3 cm³/mol. The second kappa shape index (κ2) is 6.05. The lowest BCUT2D eigenvalue weighted by molar-refractivity contribution is -0.196. The molecule has 0 aromatic carbocycles. The molecule has 0 aliphatic carbocycles. The molecule has 0 bridgehead atoms. The number of aryl methyl sites for hydroxylation is 1. The van der Waals surface area contributed by atoms with E-state index >= 15 is 0 Å². The lowest BCUT2D eigenvalue weighted by Gasteiger charge is -2.40. The summed E-state index contributed by atoms with van der Waals surface area (Å²) in [6.45, 7) is 1.78. The van der Waals surface area contributed by atoms with Crippen LogP contribution in [0.2, 0.25) is 0 Å². The maximum absolute atomic E-state index is 12.9. The lowest BCUT2D eigenvalue weighted by atomic mass is 9.97. The molecule has 2 atom stereocenters. The smallest absolute Gasteiger partial charge is 0.337 e. The van der Waals surface area contributed by atoms with Crippen molar-refractivity contribution in [3.63, 3.8) is 0 Å². The number of aromatic nitrogens is 2. The van der Waals surface area contributed by atoms with Crippen LogP contribution in [-0.2, 0) is 18.4 Å². The molecule has 1 fully saturated rings. The summed E-state index contributed by atoms with van der Waals surface area (Å²) >= 11 is 0. The van der Waals surface area contributed by atoms with Crippen molar-refractivity contribution in [3.05, 3.63) is 18.2 Å². The highest BCUT2D eigenvalue weighted by Crippen LogP contribution is 2.32. The van der Waals surface area contributed by atoms with Gasteiger partial charge in [-0.3, -0.25) is 4.79 Å². The first-order chi connectivity index (χ1) is 9.79. The van der Waals surface area contributed by atoms with Crippen LogP contribution in [-0.4, -0.2) is 45.2 Å². The summed E-state index contributed by atoms with van der Waals surface area (Å²) in [4.78, 5) is 16.4. The van der Waals surface area contributed by atoms with Crippen LogP contribution in [0.4, 0.5) is 13.2 Å². The first-order valence-electron chi connectivity index (χ1n) is 6.81. The summed E-state index contributed by atoms with van der Waals surface area (Å²) in [7, 11) is 1.85. The minimum Gasteiger partial charge on any atom is -0.337 e. The maximum atomic E-state index is 12.9. The van der Waals surface area contributed by atoms with Crippen molar-refractivity contribution in [1.82, 2.24) is 19.8 Å². The number of nitrogens with one attached hydrogen (secondary N) is 1. The number of hydrogen-bond acceptors (Lipinski definition) is 3. The fourth-order valence-electron chi connectivity index (χ4n) is 2.63. The fourth-order valence-corrected chi connectivity index (χ4v) is 2.63. The van der Waals surface area contributed by atoms with E-state index in [4.69, 9.17) is 0 Å². The average molecular weight is 304 g/mol. The molecule has 1 saturated heterocycles. The highest BCUT2D eigenvalue weighted by Gasteiger charge is 2.47. The average Bonchev–Trinajstić information content (AvgIpc) is 2.80. The van der Waals surface area contributed by atoms with E-state index < -0.39 is 18.1 Å². The van der Waals surface area contributed by atoms with Gasteiger partial charge in [0, 0.05) is 39.3 Å². The molecule has 1 aliphatic rings. The van der Waals surface area contributed by atoms with E-state index in [-0.39, 0.29) is 19.0 Å². The molecule has 21 heavy (non-hydrogen) atoms. The topological polar surface area (TPSA) is 50.2 Å². The Bertz CT molecular complexity index is 500. The Hall–Kier alpha value is -1.57. The van der Waals surface area contributed by atoms with Gasteiger partial charge in [-0.25, -0.2) is 4.98 Å². The highest BCUT2D eigenvalue weighted by molar-refractivity contribution is 5.73. The summed E-state index contributed by atoms with van der Waals surface area (Å²) in [5.41, 5.74) is 0.947. The van der Waals surface area contributed by atoms with Crippen molar-refractivity contribution in [2.45, 2.75) is 44.6 Å². The van der Waals surface area contributed by atoms with E-state index in [2.05, 4.69) is 10.3 Å². The number of rotatable bonds is 3. The van der Waals surface area contributed by atoms with Crippen LogP contribution in [0.1, 0.15) is 25.5 Å². The van der Waals surface area contributed by atoms with Gasteiger partial charge in [-0.05, 0) is 12.8 Å². The number of halogens is 3. The first-order valence-corrected chi connectivity index (χ1v) is 6.81. The normalized spacial score (nSPS) is 23.4. The van der Waals surface area contributed by atoms with Crippen molar-refractivity contribution in [2.24, 2.45) is 7.05 Å². The molecule has 8 heteroatoms. The van der Waals surface area contributed by atoms with Gasteiger partial charge in [0.2, 0.25) is 5.91 Å². The Morgan fingerprint density at radius 3 is 2.71 bits per heavy atom.